The van der Waals surface area contributed by atoms with Gasteiger partial charge in [0.05, 0.1) is 0 Å². The van der Waals surface area contributed by atoms with Gasteiger partial charge >= 0.3 is 0 Å². The van der Waals surface area contributed by atoms with Crippen LogP contribution in [0.25, 0.3) is 27.5 Å². The van der Waals surface area contributed by atoms with Crippen LogP contribution in [0.15, 0.2) is 60.2 Å². The van der Waals surface area contributed by atoms with E-state index in [9.17, 15) is 5.11 Å². The second kappa shape index (κ2) is 6.28. The molecule has 0 heterocycles. The summed E-state index contributed by atoms with van der Waals surface area (Å²) in [7, 11) is 0. The molecule has 2 aliphatic rings. The van der Waals surface area contributed by atoms with Crippen molar-refractivity contribution in [3.8, 4) is 16.9 Å². The minimum absolute atomic E-state index is 0.236. The lowest BCUT2D eigenvalue weighted by Crippen LogP contribution is -2.07. The lowest BCUT2D eigenvalue weighted by molar-refractivity contribution is 0.477. The van der Waals surface area contributed by atoms with E-state index in [2.05, 4.69) is 43.3 Å². The van der Waals surface area contributed by atoms with E-state index < -0.39 is 0 Å². The number of fused-ring (bicyclic) bond motifs is 4. The fraction of sp³-hybridized carbons (Fsp3) is 0.200. The average Bonchev–Trinajstić information content (AvgIpc) is 2.66. The molecule has 0 saturated carbocycles. The van der Waals surface area contributed by atoms with Crippen LogP contribution in [0, 0.1) is 6.92 Å². The molecular weight excluding hydrogens is 352 g/mol. The summed E-state index contributed by atoms with van der Waals surface area (Å²) in [5, 5.41) is 13.6. The predicted octanol–water partition coefficient (Wildman–Crippen LogP) is 7.22. The molecule has 27 heavy (non-hydrogen) atoms. The highest BCUT2D eigenvalue weighted by Crippen LogP contribution is 2.44. The van der Waals surface area contributed by atoms with Crippen molar-refractivity contribution in [2.24, 2.45) is 0 Å². The number of phenols is 1. The Morgan fingerprint density at radius 1 is 0.889 bits per heavy atom. The van der Waals surface area contributed by atoms with Gasteiger partial charge in [-0.25, -0.2) is 0 Å². The summed E-state index contributed by atoms with van der Waals surface area (Å²) in [5.74, 6) is 0.236. The van der Waals surface area contributed by atoms with Gasteiger partial charge in [-0.2, -0.15) is 0 Å². The van der Waals surface area contributed by atoms with Gasteiger partial charge in [0.15, 0.2) is 0 Å². The molecular formula is C25H21ClO. The number of aromatic hydroxyl groups is 1. The van der Waals surface area contributed by atoms with Crippen molar-refractivity contribution in [3.05, 3.63) is 81.9 Å². The summed E-state index contributed by atoms with van der Waals surface area (Å²) in [6.07, 6.45) is 9.12. The second-order valence-electron chi connectivity index (χ2n) is 7.62. The van der Waals surface area contributed by atoms with Crippen LogP contribution in [0.5, 0.6) is 5.75 Å². The van der Waals surface area contributed by atoms with E-state index in [1.54, 1.807) is 11.6 Å². The lowest BCUT2D eigenvalue weighted by atomic mass is 9.78. The van der Waals surface area contributed by atoms with Crippen LogP contribution in [-0.2, 0) is 6.42 Å². The maximum atomic E-state index is 10.6. The highest BCUT2D eigenvalue weighted by molar-refractivity contribution is 6.30. The van der Waals surface area contributed by atoms with Crippen molar-refractivity contribution in [1.29, 1.82) is 0 Å². The number of rotatable bonds is 1. The monoisotopic (exact) mass is 372 g/mol. The minimum Gasteiger partial charge on any atom is -0.507 e. The number of aryl methyl sites for hydroxylation is 2. The van der Waals surface area contributed by atoms with Gasteiger partial charge in [0, 0.05) is 10.6 Å². The van der Waals surface area contributed by atoms with Gasteiger partial charge in [-0.3, -0.25) is 0 Å². The number of phenolic OH excluding ortho intramolecular Hbond substituents is 1. The Morgan fingerprint density at radius 3 is 2.59 bits per heavy atom. The molecule has 0 atom stereocenters. The maximum Gasteiger partial charge on any atom is 0.124 e. The van der Waals surface area contributed by atoms with Gasteiger partial charge in [-0.1, -0.05) is 53.6 Å². The Balaban J connectivity index is 1.84. The molecule has 2 heteroatoms. The molecule has 0 radical (unpaired) electrons. The fourth-order valence-electron chi connectivity index (χ4n) is 4.68. The van der Waals surface area contributed by atoms with E-state index in [4.69, 9.17) is 11.6 Å². The van der Waals surface area contributed by atoms with Crippen molar-refractivity contribution >= 4 is 27.9 Å². The van der Waals surface area contributed by atoms with E-state index in [1.807, 2.05) is 12.1 Å². The Labute approximate surface area is 164 Å². The van der Waals surface area contributed by atoms with Crippen LogP contribution < -0.4 is 0 Å². The number of hydrogen-bond donors (Lipinski definition) is 1. The first-order valence-electron chi connectivity index (χ1n) is 9.56. The highest BCUT2D eigenvalue weighted by atomic mass is 35.5. The normalized spacial score (nSPS) is 15.8. The summed E-state index contributed by atoms with van der Waals surface area (Å²) in [6, 6.07) is 14.4. The van der Waals surface area contributed by atoms with Crippen LogP contribution in [-0.4, -0.2) is 5.11 Å². The number of hydrogen-bond acceptors (Lipinski definition) is 1. The molecule has 1 nitrogen and oxygen atoms in total. The molecule has 3 aromatic carbocycles. The fourth-order valence-corrected chi connectivity index (χ4v) is 4.84. The molecule has 0 fully saturated rings. The van der Waals surface area contributed by atoms with Gasteiger partial charge in [0.2, 0.25) is 0 Å². The maximum absolute atomic E-state index is 10.6. The smallest absolute Gasteiger partial charge is 0.124 e. The molecule has 0 saturated heterocycles. The molecule has 0 spiro atoms. The molecule has 0 unspecified atom stereocenters. The van der Waals surface area contributed by atoms with Crippen molar-refractivity contribution in [1.82, 2.24) is 0 Å². The molecule has 0 aliphatic heterocycles. The summed E-state index contributed by atoms with van der Waals surface area (Å²) in [5.41, 5.74) is 8.91. The van der Waals surface area contributed by atoms with E-state index in [0.717, 1.165) is 30.4 Å². The first-order valence-corrected chi connectivity index (χ1v) is 9.93. The van der Waals surface area contributed by atoms with Gasteiger partial charge in [0.1, 0.15) is 5.75 Å². The SMILES string of the molecule is Cc1cc(-c2ccc(Cl)cc2O)c2c3c(ccc2c1)C1=C(CCC=C1)CC3. The Hall–Kier alpha value is -2.51. The predicted molar refractivity (Wildman–Crippen MR) is 114 cm³/mol. The zero-order chi connectivity index (χ0) is 18.5. The first-order chi connectivity index (χ1) is 13.1. The van der Waals surface area contributed by atoms with E-state index in [0.29, 0.717) is 5.02 Å². The van der Waals surface area contributed by atoms with Gasteiger partial charge in [-0.15, -0.1) is 0 Å². The van der Waals surface area contributed by atoms with Crippen molar-refractivity contribution in [2.75, 3.05) is 0 Å². The van der Waals surface area contributed by atoms with Crippen molar-refractivity contribution in [3.63, 3.8) is 0 Å². The van der Waals surface area contributed by atoms with Crippen molar-refractivity contribution < 1.29 is 5.11 Å². The molecule has 2 aliphatic carbocycles. The largest absolute Gasteiger partial charge is 0.507 e. The third-order valence-electron chi connectivity index (χ3n) is 5.86. The molecule has 0 aromatic heterocycles. The molecule has 1 N–H and O–H groups in total. The molecule has 0 amide bonds. The van der Waals surface area contributed by atoms with Crippen LogP contribution in [0.1, 0.15) is 36.0 Å². The Bertz CT molecular complexity index is 1150. The summed E-state index contributed by atoms with van der Waals surface area (Å²) >= 11 is 6.07. The molecule has 5 rings (SSSR count). The molecule has 3 aromatic rings. The zero-order valence-corrected chi connectivity index (χ0v) is 16.1. The summed E-state index contributed by atoms with van der Waals surface area (Å²) < 4.78 is 0. The van der Waals surface area contributed by atoms with Crippen LogP contribution in [0.3, 0.4) is 0 Å². The van der Waals surface area contributed by atoms with Gasteiger partial charge in [-0.05, 0) is 89.4 Å². The third kappa shape index (κ3) is 2.69. The highest BCUT2D eigenvalue weighted by Gasteiger charge is 2.22. The Kier molecular flexibility index (Phi) is 3.87. The second-order valence-corrected chi connectivity index (χ2v) is 8.06. The summed E-state index contributed by atoms with van der Waals surface area (Å²) in [6.45, 7) is 2.11. The van der Waals surface area contributed by atoms with Gasteiger partial charge < -0.3 is 5.11 Å². The van der Waals surface area contributed by atoms with Gasteiger partial charge in [0.25, 0.3) is 0 Å². The average molecular weight is 373 g/mol. The number of halogens is 1. The zero-order valence-electron chi connectivity index (χ0n) is 15.3. The number of benzene rings is 3. The lowest BCUT2D eigenvalue weighted by Gasteiger charge is -2.26. The molecule has 134 valence electrons. The minimum atomic E-state index is 0.236. The van der Waals surface area contributed by atoms with Crippen molar-refractivity contribution in [2.45, 2.75) is 32.6 Å². The van der Waals surface area contributed by atoms with Crippen LogP contribution >= 0.6 is 11.6 Å². The van der Waals surface area contributed by atoms with E-state index in [-0.39, 0.29) is 5.75 Å². The quantitative estimate of drug-likeness (QED) is 0.477. The molecule has 0 bridgehead atoms. The van der Waals surface area contributed by atoms with E-state index >= 15 is 0 Å². The Morgan fingerprint density at radius 2 is 1.74 bits per heavy atom. The number of allylic oxidation sites excluding steroid dienone is 4. The standard InChI is InChI=1S/C25H21ClO/c1-15-12-17-7-9-20-19-5-3-2-4-16(19)6-10-22(20)25(17)23(13-15)21-11-8-18(26)14-24(21)27/h3,5,7-9,11-14,27H,2,4,6,10H2,1H3. The topological polar surface area (TPSA) is 20.2 Å². The van der Waals surface area contributed by atoms with Crippen LogP contribution in [0.4, 0.5) is 0 Å². The first kappa shape index (κ1) is 16.6. The van der Waals surface area contributed by atoms with Crippen LogP contribution in [0.2, 0.25) is 5.02 Å². The summed E-state index contributed by atoms with van der Waals surface area (Å²) in [4.78, 5) is 0. The third-order valence-corrected chi connectivity index (χ3v) is 6.10. The van der Waals surface area contributed by atoms with E-state index in [1.165, 1.54) is 39.5 Å².